The van der Waals surface area contributed by atoms with Crippen LogP contribution in [0.25, 0.3) is 0 Å². The van der Waals surface area contributed by atoms with Crippen molar-refractivity contribution in [2.45, 2.75) is 18.6 Å². The molecular weight excluding hydrogens is 388 g/mol. The molecule has 0 radical (unpaired) electrons. The molecule has 154 valence electrons. The molecule has 2 aromatic rings. The third-order valence-electron chi connectivity index (χ3n) is 4.67. The van der Waals surface area contributed by atoms with Gasteiger partial charge in [0.05, 0.1) is 6.54 Å². The highest BCUT2D eigenvalue weighted by Gasteiger charge is 2.28. The van der Waals surface area contributed by atoms with Crippen LogP contribution < -0.4 is 14.8 Å². The highest BCUT2D eigenvalue weighted by atomic mass is 32.2. The van der Waals surface area contributed by atoms with E-state index in [1.807, 2.05) is 36.6 Å². The van der Waals surface area contributed by atoms with Gasteiger partial charge in [-0.25, -0.2) is 0 Å². The zero-order valence-electron chi connectivity index (χ0n) is 16.7. The van der Waals surface area contributed by atoms with Gasteiger partial charge in [0.15, 0.2) is 17.6 Å². The van der Waals surface area contributed by atoms with Gasteiger partial charge in [0, 0.05) is 12.6 Å². The molecule has 0 unspecified atom stereocenters. The van der Waals surface area contributed by atoms with Crippen LogP contribution in [0.2, 0.25) is 0 Å². The van der Waals surface area contributed by atoms with Crippen molar-refractivity contribution in [3.63, 3.8) is 0 Å². The van der Waals surface area contributed by atoms with E-state index in [4.69, 9.17) is 9.47 Å². The Morgan fingerprint density at radius 2 is 1.83 bits per heavy atom. The number of benzene rings is 2. The largest absolute Gasteiger partial charge is 0.486 e. The summed E-state index contributed by atoms with van der Waals surface area (Å²) in [5.74, 6) is 1.79. The van der Waals surface area contributed by atoms with Crippen LogP contribution >= 0.6 is 11.8 Å². The Morgan fingerprint density at radius 3 is 2.55 bits per heavy atom. The minimum atomic E-state index is -0.586. The topological polar surface area (TPSA) is 67.9 Å². The number of hydrogen-bond donors (Lipinski definition) is 1. The molecule has 0 aliphatic carbocycles. The Morgan fingerprint density at radius 1 is 1.14 bits per heavy atom. The molecule has 1 aliphatic heterocycles. The van der Waals surface area contributed by atoms with E-state index >= 15 is 0 Å². The van der Waals surface area contributed by atoms with E-state index in [-0.39, 0.29) is 17.9 Å². The van der Waals surface area contributed by atoms with E-state index in [0.717, 1.165) is 5.75 Å². The number of ether oxygens (including phenoxy) is 2. The summed E-state index contributed by atoms with van der Waals surface area (Å²) < 4.78 is 11.7. The molecule has 1 aliphatic rings. The van der Waals surface area contributed by atoms with Crippen molar-refractivity contribution in [1.29, 1.82) is 0 Å². The van der Waals surface area contributed by atoms with Crippen LogP contribution in [0.3, 0.4) is 0 Å². The van der Waals surface area contributed by atoms with E-state index in [1.165, 1.54) is 0 Å². The second kappa shape index (κ2) is 10.2. The van der Waals surface area contributed by atoms with E-state index in [2.05, 4.69) is 5.32 Å². The fraction of sp³-hybridized carbons (Fsp3) is 0.364. The highest BCUT2D eigenvalue weighted by molar-refractivity contribution is 7.98. The van der Waals surface area contributed by atoms with Crippen LogP contribution in [-0.2, 0) is 4.79 Å². The zero-order valence-corrected chi connectivity index (χ0v) is 17.5. The summed E-state index contributed by atoms with van der Waals surface area (Å²) >= 11 is 1.64. The lowest BCUT2D eigenvalue weighted by molar-refractivity contribution is -0.133. The first-order chi connectivity index (χ1) is 14.1. The molecule has 0 saturated carbocycles. The Balaban J connectivity index is 1.61. The van der Waals surface area contributed by atoms with Gasteiger partial charge in [-0.1, -0.05) is 30.3 Å². The lowest BCUT2D eigenvalue weighted by Gasteiger charge is -2.31. The van der Waals surface area contributed by atoms with Crippen LogP contribution in [0.1, 0.15) is 16.8 Å². The number of likely N-dealkylation sites (N-methyl/N-ethyl adjacent to an activating group) is 1. The molecule has 0 bridgehead atoms. The van der Waals surface area contributed by atoms with Crippen molar-refractivity contribution in [2.75, 3.05) is 32.2 Å². The minimum absolute atomic E-state index is 0.134. The second-order valence-electron chi connectivity index (χ2n) is 6.89. The second-order valence-corrected chi connectivity index (χ2v) is 7.88. The molecule has 6 nitrogen and oxygen atoms in total. The third kappa shape index (κ3) is 5.67. The summed E-state index contributed by atoms with van der Waals surface area (Å²) in [6.07, 6.45) is 2.28. The number of nitrogens with one attached hydrogen (secondary N) is 1. The first kappa shape index (κ1) is 21.0. The minimum Gasteiger partial charge on any atom is -0.486 e. The number of thioether (sulfide) groups is 1. The fourth-order valence-corrected chi connectivity index (χ4v) is 3.61. The number of carbonyl (C=O) groups is 2. The zero-order chi connectivity index (χ0) is 20.6. The summed E-state index contributed by atoms with van der Waals surface area (Å²) in [5, 5.41) is 2.89. The van der Waals surface area contributed by atoms with Gasteiger partial charge < -0.3 is 19.7 Å². The molecule has 0 saturated heterocycles. The predicted octanol–water partition coefficient (Wildman–Crippen LogP) is 2.84. The number of fused-ring (bicyclic) bond motifs is 1. The molecule has 2 aromatic carbocycles. The lowest BCUT2D eigenvalue weighted by Crippen LogP contribution is -2.50. The molecule has 2 amide bonds. The lowest BCUT2D eigenvalue weighted by atomic mass is 10.1. The SMILES string of the molecule is CSCC[C@@H](NC(=O)c1ccccc1)C(=O)N(C)C[C@H]1COc2ccccc2O1. The van der Waals surface area contributed by atoms with Gasteiger partial charge in [0.2, 0.25) is 5.91 Å². The van der Waals surface area contributed by atoms with Crippen molar-refractivity contribution < 1.29 is 19.1 Å². The fourth-order valence-electron chi connectivity index (χ4n) is 3.14. The average molecular weight is 415 g/mol. The predicted molar refractivity (Wildman–Crippen MR) is 115 cm³/mol. The first-order valence-corrected chi connectivity index (χ1v) is 11.0. The smallest absolute Gasteiger partial charge is 0.251 e. The number of para-hydroxylation sites is 2. The summed E-state index contributed by atoms with van der Waals surface area (Å²) in [6.45, 7) is 0.755. The monoisotopic (exact) mass is 414 g/mol. The number of carbonyl (C=O) groups excluding carboxylic acids is 2. The van der Waals surface area contributed by atoms with Gasteiger partial charge in [-0.2, -0.15) is 11.8 Å². The molecule has 1 heterocycles. The number of amides is 2. The number of nitrogens with zero attached hydrogens (tertiary/aromatic N) is 1. The van der Waals surface area contributed by atoms with Crippen LogP contribution in [0.15, 0.2) is 54.6 Å². The Labute approximate surface area is 175 Å². The number of rotatable bonds is 8. The summed E-state index contributed by atoms with van der Waals surface area (Å²) in [7, 11) is 1.73. The van der Waals surface area contributed by atoms with Crippen LogP contribution in [0.5, 0.6) is 11.5 Å². The molecule has 2 atom stereocenters. The summed E-state index contributed by atoms with van der Waals surface area (Å²) in [5.41, 5.74) is 0.540. The van der Waals surface area contributed by atoms with Gasteiger partial charge in [-0.3, -0.25) is 9.59 Å². The van der Waals surface area contributed by atoms with E-state index < -0.39 is 6.04 Å². The summed E-state index contributed by atoms with van der Waals surface area (Å²) in [4.78, 5) is 27.2. The van der Waals surface area contributed by atoms with Crippen molar-refractivity contribution in [3.8, 4) is 11.5 Å². The molecule has 0 fully saturated rings. The molecular formula is C22H26N2O4S. The summed E-state index contributed by atoms with van der Waals surface area (Å²) in [6, 6.07) is 15.8. The Bertz CT molecular complexity index is 831. The van der Waals surface area contributed by atoms with E-state index in [9.17, 15) is 9.59 Å². The Hall–Kier alpha value is -2.67. The molecule has 0 aromatic heterocycles. The van der Waals surface area contributed by atoms with Crippen LogP contribution in [0, 0.1) is 0 Å². The molecule has 7 heteroatoms. The molecule has 29 heavy (non-hydrogen) atoms. The van der Waals surface area contributed by atoms with Gasteiger partial charge in [0.1, 0.15) is 12.6 Å². The van der Waals surface area contributed by atoms with Crippen molar-refractivity contribution in [2.24, 2.45) is 0 Å². The van der Waals surface area contributed by atoms with Crippen molar-refractivity contribution in [3.05, 3.63) is 60.2 Å². The van der Waals surface area contributed by atoms with E-state index in [1.54, 1.807) is 48.0 Å². The van der Waals surface area contributed by atoms with Gasteiger partial charge in [0.25, 0.3) is 5.91 Å². The standard InChI is InChI=1S/C22H26N2O4S/c1-24(14-17-15-27-19-10-6-7-11-20(19)28-17)22(26)18(12-13-29-2)23-21(25)16-8-4-3-5-9-16/h3-11,17-18H,12-15H2,1-2H3,(H,23,25)/t17-,18+/m0/s1. The maximum absolute atomic E-state index is 13.0. The van der Waals surface area contributed by atoms with Crippen LogP contribution in [0.4, 0.5) is 0 Å². The molecule has 1 N–H and O–H groups in total. The maximum Gasteiger partial charge on any atom is 0.251 e. The van der Waals surface area contributed by atoms with E-state index in [0.29, 0.717) is 36.6 Å². The number of hydrogen-bond acceptors (Lipinski definition) is 5. The van der Waals surface area contributed by atoms with Crippen molar-refractivity contribution in [1.82, 2.24) is 10.2 Å². The average Bonchev–Trinajstić information content (AvgIpc) is 2.76. The van der Waals surface area contributed by atoms with Gasteiger partial charge in [-0.15, -0.1) is 0 Å². The van der Waals surface area contributed by atoms with Crippen molar-refractivity contribution >= 4 is 23.6 Å². The van der Waals surface area contributed by atoms with Crippen LogP contribution in [-0.4, -0.2) is 61.1 Å². The first-order valence-electron chi connectivity index (χ1n) is 9.56. The normalized spacial score (nSPS) is 16.0. The highest BCUT2D eigenvalue weighted by Crippen LogP contribution is 2.31. The maximum atomic E-state index is 13.0. The Kier molecular flexibility index (Phi) is 7.41. The van der Waals surface area contributed by atoms with Gasteiger partial charge in [-0.05, 0) is 42.7 Å². The quantitative estimate of drug-likeness (QED) is 0.720. The van der Waals surface area contributed by atoms with Gasteiger partial charge >= 0.3 is 0 Å². The molecule has 0 spiro atoms. The molecule has 3 rings (SSSR count). The third-order valence-corrected chi connectivity index (χ3v) is 5.32.